The van der Waals surface area contributed by atoms with E-state index in [4.69, 9.17) is 17.8 Å². The van der Waals surface area contributed by atoms with E-state index in [9.17, 15) is 0 Å². The Bertz CT molecular complexity index is 1080. The molecule has 0 amide bonds. The SMILES string of the molecule is C#Cc1ccc2c(c1)C(=Nc1ccc(N(C)C)cc1)c1cc(C#C)ccc1-2. The minimum absolute atomic E-state index is 0.842. The molecule has 0 bridgehead atoms. The highest BCUT2D eigenvalue weighted by Crippen LogP contribution is 2.39. The average molecular weight is 346 g/mol. The van der Waals surface area contributed by atoms with Crippen molar-refractivity contribution >= 4 is 17.1 Å². The highest BCUT2D eigenvalue weighted by molar-refractivity contribution is 6.25. The van der Waals surface area contributed by atoms with E-state index in [0.717, 1.165) is 50.5 Å². The molecule has 1 aliphatic rings. The maximum Gasteiger partial charge on any atom is 0.0794 e. The molecule has 0 N–H and O–H groups in total. The van der Waals surface area contributed by atoms with Gasteiger partial charge < -0.3 is 4.90 Å². The second-order valence-corrected chi connectivity index (χ2v) is 6.68. The standard InChI is InChI=1S/C25H18N2/c1-5-17-7-13-21-22-14-8-18(6-2)16-24(22)25(23(21)15-17)26-19-9-11-20(12-10-19)27(3)4/h1-2,7-16H,3-4H3. The molecule has 2 nitrogen and oxygen atoms in total. The first-order chi connectivity index (χ1) is 13.1. The molecular weight excluding hydrogens is 328 g/mol. The lowest BCUT2D eigenvalue weighted by Gasteiger charge is -2.12. The van der Waals surface area contributed by atoms with Gasteiger partial charge in [0, 0.05) is 42.0 Å². The number of rotatable bonds is 2. The number of anilines is 1. The molecule has 0 aliphatic heterocycles. The van der Waals surface area contributed by atoms with Crippen LogP contribution < -0.4 is 4.90 Å². The summed E-state index contributed by atoms with van der Waals surface area (Å²) in [5, 5.41) is 0. The maximum atomic E-state index is 5.62. The van der Waals surface area contributed by atoms with Crippen molar-refractivity contribution in [3.8, 4) is 35.8 Å². The van der Waals surface area contributed by atoms with Crippen LogP contribution in [0, 0.1) is 24.7 Å². The number of aliphatic imine (C=N–C) groups is 1. The molecule has 0 aromatic heterocycles. The summed E-state index contributed by atoms with van der Waals surface area (Å²) >= 11 is 0. The Morgan fingerprint density at radius 3 is 1.67 bits per heavy atom. The molecule has 27 heavy (non-hydrogen) atoms. The predicted octanol–water partition coefficient (Wildman–Crippen LogP) is 4.86. The van der Waals surface area contributed by atoms with Gasteiger partial charge in [-0.05, 0) is 59.7 Å². The molecule has 0 atom stereocenters. The van der Waals surface area contributed by atoms with E-state index in [1.165, 1.54) is 0 Å². The number of fused-ring (bicyclic) bond motifs is 3. The quantitative estimate of drug-likeness (QED) is 0.473. The monoisotopic (exact) mass is 346 g/mol. The Balaban J connectivity index is 1.91. The van der Waals surface area contributed by atoms with Gasteiger partial charge in [0.15, 0.2) is 0 Å². The second-order valence-electron chi connectivity index (χ2n) is 6.68. The molecular formula is C25H18N2. The summed E-state index contributed by atoms with van der Waals surface area (Å²) in [6.07, 6.45) is 11.2. The lowest BCUT2D eigenvalue weighted by molar-refractivity contribution is 1.13. The van der Waals surface area contributed by atoms with E-state index in [-0.39, 0.29) is 0 Å². The molecule has 3 aromatic rings. The summed E-state index contributed by atoms with van der Waals surface area (Å²) in [6.45, 7) is 0. The van der Waals surface area contributed by atoms with Gasteiger partial charge in [-0.15, -0.1) is 12.8 Å². The van der Waals surface area contributed by atoms with Gasteiger partial charge in [0.1, 0.15) is 0 Å². The van der Waals surface area contributed by atoms with Gasteiger partial charge in [0.05, 0.1) is 11.4 Å². The van der Waals surface area contributed by atoms with Crippen LogP contribution in [0.1, 0.15) is 22.3 Å². The van der Waals surface area contributed by atoms with Gasteiger partial charge in [-0.1, -0.05) is 24.0 Å². The Morgan fingerprint density at radius 2 is 1.22 bits per heavy atom. The number of benzene rings is 3. The summed E-state index contributed by atoms with van der Waals surface area (Å²) in [6, 6.07) is 20.3. The van der Waals surface area contributed by atoms with E-state index >= 15 is 0 Å². The molecule has 0 radical (unpaired) electrons. The van der Waals surface area contributed by atoms with Crippen molar-refractivity contribution in [2.24, 2.45) is 4.99 Å². The van der Waals surface area contributed by atoms with Crippen LogP contribution in [0.4, 0.5) is 11.4 Å². The molecule has 3 aromatic carbocycles. The van der Waals surface area contributed by atoms with Crippen molar-refractivity contribution in [1.82, 2.24) is 0 Å². The molecule has 0 saturated carbocycles. The van der Waals surface area contributed by atoms with Gasteiger partial charge in [-0.25, -0.2) is 4.99 Å². The lowest BCUT2D eigenvalue weighted by Crippen LogP contribution is -2.07. The van der Waals surface area contributed by atoms with Crippen molar-refractivity contribution in [2.75, 3.05) is 19.0 Å². The van der Waals surface area contributed by atoms with Crippen LogP contribution in [0.5, 0.6) is 0 Å². The first-order valence-electron chi connectivity index (χ1n) is 8.69. The molecule has 0 saturated heterocycles. The van der Waals surface area contributed by atoms with Gasteiger partial charge in [-0.3, -0.25) is 0 Å². The summed E-state index contributed by atoms with van der Waals surface area (Å²) < 4.78 is 0. The van der Waals surface area contributed by atoms with Crippen LogP contribution in [0.3, 0.4) is 0 Å². The third kappa shape index (κ3) is 2.88. The molecule has 0 unspecified atom stereocenters. The van der Waals surface area contributed by atoms with Crippen LogP contribution >= 0.6 is 0 Å². The zero-order valence-electron chi connectivity index (χ0n) is 15.3. The van der Waals surface area contributed by atoms with Crippen molar-refractivity contribution < 1.29 is 0 Å². The van der Waals surface area contributed by atoms with Gasteiger partial charge in [0.2, 0.25) is 0 Å². The normalized spacial score (nSPS) is 11.2. The maximum absolute atomic E-state index is 5.62. The van der Waals surface area contributed by atoms with E-state index in [1.807, 2.05) is 50.5 Å². The number of hydrogen-bond donors (Lipinski definition) is 0. The molecule has 0 fully saturated rings. The van der Waals surface area contributed by atoms with Crippen molar-refractivity contribution in [2.45, 2.75) is 0 Å². The van der Waals surface area contributed by atoms with Gasteiger partial charge in [0.25, 0.3) is 0 Å². The van der Waals surface area contributed by atoms with Gasteiger partial charge >= 0.3 is 0 Å². The van der Waals surface area contributed by atoms with E-state index in [2.05, 4.69) is 41.0 Å². The summed E-state index contributed by atoms with van der Waals surface area (Å²) in [7, 11) is 4.04. The molecule has 1 aliphatic carbocycles. The van der Waals surface area contributed by atoms with Crippen molar-refractivity contribution in [1.29, 1.82) is 0 Å². The van der Waals surface area contributed by atoms with Crippen LogP contribution in [0.2, 0.25) is 0 Å². The third-order valence-electron chi connectivity index (χ3n) is 4.78. The highest BCUT2D eigenvalue weighted by atomic mass is 15.1. The summed E-state index contributed by atoms with van der Waals surface area (Å²) in [4.78, 5) is 7.02. The van der Waals surface area contributed by atoms with Crippen LogP contribution in [-0.4, -0.2) is 19.8 Å². The second kappa shape index (κ2) is 6.52. The van der Waals surface area contributed by atoms with Crippen LogP contribution in [0.15, 0.2) is 65.7 Å². The highest BCUT2D eigenvalue weighted by Gasteiger charge is 2.25. The molecule has 128 valence electrons. The summed E-state index contributed by atoms with van der Waals surface area (Å²) in [5.41, 5.74) is 8.99. The minimum atomic E-state index is 0.842. The first kappa shape index (κ1) is 16.7. The Hall–Kier alpha value is -3.75. The summed E-state index contributed by atoms with van der Waals surface area (Å²) in [5.74, 6) is 5.43. The average Bonchev–Trinajstić information content (AvgIpc) is 3.00. The molecule has 4 rings (SSSR count). The first-order valence-corrected chi connectivity index (χ1v) is 8.69. The van der Waals surface area contributed by atoms with Crippen LogP contribution in [-0.2, 0) is 0 Å². The minimum Gasteiger partial charge on any atom is -0.378 e. The van der Waals surface area contributed by atoms with E-state index in [0.29, 0.717) is 0 Å². The Morgan fingerprint density at radius 1 is 0.704 bits per heavy atom. The van der Waals surface area contributed by atoms with Gasteiger partial charge in [-0.2, -0.15) is 0 Å². The fraction of sp³-hybridized carbons (Fsp3) is 0.0800. The number of nitrogens with zero attached hydrogens (tertiary/aromatic N) is 2. The number of terminal acetylenes is 2. The number of hydrogen-bond acceptors (Lipinski definition) is 2. The Kier molecular flexibility index (Phi) is 4.03. The molecule has 2 heteroatoms. The fourth-order valence-electron chi connectivity index (χ4n) is 3.35. The molecule has 0 spiro atoms. The smallest absolute Gasteiger partial charge is 0.0794 e. The zero-order valence-corrected chi connectivity index (χ0v) is 15.3. The lowest BCUT2D eigenvalue weighted by atomic mass is 10.0. The van der Waals surface area contributed by atoms with E-state index in [1.54, 1.807) is 0 Å². The fourth-order valence-corrected chi connectivity index (χ4v) is 3.35. The Labute approximate surface area is 160 Å². The third-order valence-corrected chi connectivity index (χ3v) is 4.78. The van der Waals surface area contributed by atoms with Crippen LogP contribution in [0.25, 0.3) is 11.1 Å². The molecule has 0 heterocycles. The van der Waals surface area contributed by atoms with E-state index < -0.39 is 0 Å². The largest absolute Gasteiger partial charge is 0.378 e. The predicted molar refractivity (Wildman–Crippen MR) is 114 cm³/mol. The zero-order chi connectivity index (χ0) is 19.0. The van der Waals surface area contributed by atoms with Crippen molar-refractivity contribution in [3.63, 3.8) is 0 Å². The van der Waals surface area contributed by atoms with Crippen molar-refractivity contribution in [3.05, 3.63) is 82.9 Å². The topological polar surface area (TPSA) is 15.6 Å².